The first-order valence-corrected chi connectivity index (χ1v) is 12.6. The number of anilines is 2. The molecule has 2 aromatic rings. The quantitative estimate of drug-likeness (QED) is 0.514. The topological polar surface area (TPSA) is 86.7 Å². The van der Waals surface area contributed by atoms with Crippen molar-refractivity contribution < 1.29 is 9.53 Å². The molecule has 0 unspecified atom stereocenters. The van der Waals surface area contributed by atoms with Crippen molar-refractivity contribution in [2.45, 2.75) is 26.3 Å². The fourth-order valence-corrected chi connectivity index (χ4v) is 4.69. The van der Waals surface area contributed by atoms with Crippen LogP contribution < -0.4 is 10.2 Å². The van der Waals surface area contributed by atoms with Crippen LogP contribution in [0.25, 0.3) is 0 Å². The summed E-state index contributed by atoms with van der Waals surface area (Å²) in [5.74, 6) is 0.258. The lowest BCUT2D eigenvalue weighted by Crippen LogP contribution is -2.49. The fraction of sp³-hybridized carbons (Fsp3) is 0.565. The summed E-state index contributed by atoms with van der Waals surface area (Å²) >= 11 is 12.3. The summed E-state index contributed by atoms with van der Waals surface area (Å²) in [6, 6.07) is 5.28. The summed E-state index contributed by atoms with van der Waals surface area (Å²) in [6.07, 6.45) is 2.64. The van der Waals surface area contributed by atoms with Crippen LogP contribution >= 0.6 is 23.2 Å². The van der Waals surface area contributed by atoms with Gasteiger partial charge in [-0.25, -0.2) is 4.79 Å². The van der Waals surface area contributed by atoms with Gasteiger partial charge in [0.1, 0.15) is 0 Å². The van der Waals surface area contributed by atoms with Crippen molar-refractivity contribution in [3.05, 3.63) is 39.5 Å². The normalized spacial score (nSPS) is 17.2. The van der Waals surface area contributed by atoms with Crippen molar-refractivity contribution in [3.63, 3.8) is 0 Å². The molecular weight excluding hydrogens is 477 g/mol. The van der Waals surface area contributed by atoms with Gasteiger partial charge in [0.25, 0.3) is 0 Å². The van der Waals surface area contributed by atoms with Crippen LogP contribution in [0, 0.1) is 0 Å². The van der Waals surface area contributed by atoms with Gasteiger partial charge in [-0.15, -0.1) is 10.2 Å². The Labute approximate surface area is 210 Å². The van der Waals surface area contributed by atoms with E-state index in [2.05, 4.69) is 35.2 Å². The number of likely N-dealkylation sites (tertiary alicyclic amines) is 1. The second-order valence-corrected chi connectivity index (χ2v) is 9.34. The van der Waals surface area contributed by atoms with Gasteiger partial charge >= 0.3 is 5.97 Å². The molecule has 1 aromatic carbocycles. The summed E-state index contributed by atoms with van der Waals surface area (Å²) in [5, 5.41) is 12.7. The zero-order chi connectivity index (χ0) is 23.9. The molecular formula is C23H31Cl2N7O2. The number of hydrogen-bond acceptors (Lipinski definition) is 9. The molecule has 0 saturated carbocycles. The van der Waals surface area contributed by atoms with Crippen molar-refractivity contribution in [3.8, 4) is 0 Å². The Morgan fingerprint density at radius 3 is 2.41 bits per heavy atom. The number of rotatable bonds is 9. The maximum absolute atomic E-state index is 12.4. The molecule has 3 heterocycles. The summed E-state index contributed by atoms with van der Waals surface area (Å²) < 4.78 is 5.14. The van der Waals surface area contributed by atoms with Crippen LogP contribution in [0.15, 0.2) is 18.2 Å². The number of nitrogens with zero attached hydrogens (tertiary/aromatic N) is 6. The predicted molar refractivity (Wildman–Crippen MR) is 134 cm³/mol. The number of aromatic nitrogens is 3. The van der Waals surface area contributed by atoms with Crippen molar-refractivity contribution in [2.24, 2.45) is 0 Å². The number of piperazine rings is 1. The molecule has 9 nitrogen and oxygen atoms in total. The second-order valence-electron chi connectivity index (χ2n) is 8.50. The van der Waals surface area contributed by atoms with Gasteiger partial charge in [0.2, 0.25) is 11.6 Å². The molecule has 0 spiro atoms. The van der Waals surface area contributed by atoms with Crippen molar-refractivity contribution in [2.75, 3.05) is 69.2 Å². The molecule has 0 amide bonds. The van der Waals surface area contributed by atoms with E-state index in [4.69, 9.17) is 27.9 Å². The van der Waals surface area contributed by atoms with E-state index in [9.17, 15) is 4.79 Å². The highest BCUT2D eigenvalue weighted by molar-refractivity contribution is 6.35. The molecule has 0 aliphatic carbocycles. The molecule has 2 aliphatic rings. The lowest BCUT2D eigenvalue weighted by atomic mass is 10.2. The van der Waals surface area contributed by atoms with Crippen molar-refractivity contribution in [1.29, 1.82) is 0 Å². The number of esters is 1. The SMILES string of the molecule is CCOC(=O)c1nnc(N2CCN(CCN3CCCC3)CC2)nc1NCc1ccc(Cl)cc1Cl. The zero-order valence-corrected chi connectivity index (χ0v) is 21.0. The molecule has 1 N–H and O–H groups in total. The molecule has 0 bridgehead atoms. The zero-order valence-electron chi connectivity index (χ0n) is 19.5. The van der Waals surface area contributed by atoms with Crippen molar-refractivity contribution >= 4 is 40.9 Å². The van der Waals surface area contributed by atoms with Gasteiger partial charge in [-0.05, 0) is 50.6 Å². The van der Waals surface area contributed by atoms with Crippen LogP contribution in [0.1, 0.15) is 35.8 Å². The molecule has 1 aromatic heterocycles. The lowest BCUT2D eigenvalue weighted by Gasteiger charge is -2.35. The number of benzene rings is 1. The van der Waals surface area contributed by atoms with Gasteiger partial charge in [0.15, 0.2) is 5.82 Å². The van der Waals surface area contributed by atoms with Crippen LogP contribution in [0.5, 0.6) is 0 Å². The molecule has 4 rings (SSSR count). The van der Waals surface area contributed by atoms with E-state index in [0.29, 0.717) is 28.4 Å². The highest BCUT2D eigenvalue weighted by atomic mass is 35.5. The maximum Gasteiger partial charge on any atom is 0.362 e. The number of carbonyl (C=O) groups is 1. The first-order chi connectivity index (χ1) is 16.5. The molecule has 184 valence electrons. The number of halogens is 2. The number of hydrogen-bond donors (Lipinski definition) is 1. The third-order valence-electron chi connectivity index (χ3n) is 6.19. The van der Waals surface area contributed by atoms with Gasteiger partial charge < -0.3 is 19.9 Å². The minimum absolute atomic E-state index is 0.0555. The minimum atomic E-state index is -0.564. The minimum Gasteiger partial charge on any atom is -0.461 e. The van der Waals surface area contributed by atoms with E-state index in [1.54, 1.807) is 19.1 Å². The molecule has 0 radical (unpaired) electrons. The Hall–Kier alpha value is -2.20. The average molecular weight is 508 g/mol. The predicted octanol–water partition coefficient (Wildman–Crippen LogP) is 3.19. The van der Waals surface area contributed by atoms with Gasteiger partial charge in [0.05, 0.1) is 6.61 Å². The Bertz CT molecular complexity index is 980. The van der Waals surface area contributed by atoms with E-state index in [-0.39, 0.29) is 12.3 Å². The van der Waals surface area contributed by atoms with Crippen LogP contribution in [0.3, 0.4) is 0 Å². The van der Waals surface area contributed by atoms with E-state index < -0.39 is 5.97 Å². The fourth-order valence-electron chi connectivity index (χ4n) is 4.22. The van der Waals surface area contributed by atoms with E-state index in [1.807, 2.05) is 6.07 Å². The largest absolute Gasteiger partial charge is 0.461 e. The number of nitrogens with one attached hydrogen (secondary N) is 1. The summed E-state index contributed by atoms with van der Waals surface area (Å²) in [6.45, 7) is 10.5. The molecule has 11 heteroatoms. The number of carbonyl (C=O) groups excluding carboxylic acids is 1. The third kappa shape index (κ3) is 6.47. The monoisotopic (exact) mass is 507 g/mol. The van der Waals surface area contributed by atoms with E-state index >= 15 is 0 Å². The first-order valence-electron chi connectivity index (χ1n) is 11.8. The van der Waals surface area contributed by atoms with E-state index in [1.165, 1.54) is 25.9 Å². The molecule has 0 atom stereocenters. The van der Waals surface area contributed by atoms with Gasteiger partial charge in [-0.2, -0.15) is 4.98 Å². The molecule has 34 heavy (non-hydrogen) atoms. The Morgan fingerprint density at radius 2 is 1.74 bits per heavy atom. The smallest absolute Gasteiger partial charge is 0.362 e. The summed E-state index contributed by atoms with van der Waals surface area (Å²) in [4.78, 5) is 24.2. The Morgan fingerprint density at radius 1 is 1.03 bits per heavy atom. The van der Waals surface area contributed by atoms with Crippen LogP contribution in [-0.4, -0.2) is 89.9 Å². The van der Waals surface area contributed by atoms with Crippen LogP contribution in [0.2, 0.25) is 10.0 Å². The second kappa shape index (κ2) is 12.0. The Kier molecular flexibility index (Phi) is 8.77. The standard InChI is InChI=1S/C23H31Cl2N7O2/c1-2-34-22(33)20-21(26-16-17-5-6-18(24)15-19(17)25)27-23(29-28-20)32-13-11-31(12-14-32)10-9-30-7-3-4-8-30/h5-6,15H,2-4,7-14,16H2,1H3,(H,26,27,29). The molecule has 2 aliphatic heterocycles. The average Bonchev–Trinajstić information content (AvgIpc) is 3.36. The Balaban J connectivity index is 1.41. The molecule has 2 fully saturated rings. The van der Waals surface area contributed by atoms with Gasteiger partial charge in [0, 0.05) is 55.9 Å². The maximum atomic E-state index is 12.4. The van der Waals surface area contributed by atoms with E-state index in [0.717, 1.165) is 44.8 Å². The number of ether oxygens (including phenoxy) is 1. The summed E-state index contributed by atoms with van der Waals surface area (Å²) in [7, 11) is 0. The van der Waals surface area contributed by atoms with Crippen LogP contribution in [-0.2, 0) is 11.3 Å². The summed E-state index contributed by atoms with van der Waals surface area (Å²) in [5.41, 5.74) is 0.882. The highest BCUT2D eigenvalue weighted by Gasteiger charge is 2.24. The first kappa shape index (κ1) is 24.9. The highest BCUT2D eigenvalue weighted by Crippen LogP contribution is 2.23. The van der Waals surface area contributed by atoms with Crippen LogP contribution in [0.4, 0.5) is 11.8 Å². The van der Waals surface area contributed by atoms with Gasteiger partial charge in [-0.3, -0.25) is 4.90 Å². The molecule has 2 saturated heterocycles. The third-order valence-corrected chi connectivity index (χ3v) is 6.78. The van der Waals surface area contributed by atoms with Crippen molar-refractivity contribution in [1.82, 2.24) is 25.0 Å². The van der Waals surface area contributed by atoms with Gasteiger partial charge in [-0.1, -0.05) is 29.3 Å². The lowest BCUT2D eigenvalue weighted by molar-refractivity contribution is 0.0519.